The highest BCUT2D eigenvalue weighted by atomic mass is 16.5. The molecule has 2 aliphatic heterocycles. The molecule has 1 fully saturated rings. The van der Waals surface area contributed by atoms with Crippen LogP contribution in [0.4, 0.5) is 0 Å². The fourth-order valence-electron chi connectivity index (χ4n) is 4.15. The summed E-state index contributed by atoms with van der Waals surface area (Å²) in [5.74, 6) is 2.40. The number of para-hydroxylation sites is 1. The van der Waals surface area contributed by atoms with Crippen LogP contribution in [0.25, 0.3) is 0 Å². The summed E-state index contributed by atoms with van der Waals surface area (Å²) in [5, 5.41) is 3.60. The van der Waals surface area contributed by atoms with Crippen LogP contribution in [0, 0.1) is 6.92 Å². The van der Waals surface area contributed by atoms with Crippen LogP contribution in [0.1, 0.15) is 35.1 Å². The van der Waals surface area contributed by atoms with Gasteiger partial charge in [-0.3, -0.25) is 4.99 Å². The maximum Gasteiger partial charge on any atom is 0.193 e. The lowest BCUT2D eigenvalue weighted by Crippen LogP contribution is -2.49. The van der Waals surface area contributed by atoms with Gasteiger partial charge < -0.3 is 19.7 Å². The van der Waals surface area contributed by atoms with E-state index in [0.29, 0.717) is 12.5 Å². The molecule has 2 aliphatic rings. The van der Waals surface area contributed by atoms with Gasteiger partial charge >= 0.3 is 0 Å². The van der Waals surface area contributed by atoms with Crippen LogP contribution >= 0.6 is 0 Å². The Morgan fingerprint density at radius 2 is 1.89 bits per heavy atom. The van der Waals surface area contributed by atoms with Crippen LogP contribution in [0.3, 0.4) is 0 Å². The second kappa shape index (κ2) is 8.65. The zero-order valence-corrected chi connectivity index (χ0v) is 16.7. The summed E-state index contributed by atoms with van der Waals surface area (Å²) < 4.78 is 11.9. The summed E-state index contributed by atoms with van der Waals surface area (Å²) in [7, 11) is 1.86. The molecule has 2 aromatic carbocycles. The van der Waals surface area contributed by atoms with E-state index < -0.39 is 0 Å². The van der Waals surface area contributed by atoms with Crippen LogP contribution in [0.2, 0.25) is 0 Å². The second-order valence-corrected chi connectivity index (χ2v) is 7.46. The molecule has 2 unspecified atom stereocenters. The van der Waals surface area contributed by atoms with Crippen molar-refractivity contribution >= 4 is 5.96 Å². The van der Waals surface area contributed by atoms with Gasteiger partial charge in [0.25, 0.3) is 0 Å². The van der Waals surface area contributed by atoms with Crippen molar-refractivity contribution in [3.8, 4) is 5.75 Å². The first-order chi connectivity index (χ1) is 13.8. The van der Waals surface area contributed by atoms with Crippen molar-refractivity contribution < 1.29 is 9.47 Å². The largest absolute Gasteiger partial charge is 0.493 e. The minimum absolute atomic E-state index is 0.0808. The Morgan fingerprint density at radius 3 is 2.71 bits per heavy atom. The molecule has 0 aliphatic carbocycles. The standard InChI is InChI=1S/C23H29N3O2/c1-17-7-3-4-8-19(17)22-16-26(12-14-28-22)23(24-2)25-15-18-11-13-27-21-10-6-5-9-20(18)21/h3-10,18,22H,11-16H2,1-2H3,(H,24,25). The van der Waals surface area contributed by atoms with Crippen LogP contribution < -0.4 is 10.1 Å². The molecule has 2 atom stereocenters. The van der Waals surface area contributed by atoms with Crippen LogP contribution in [0.5, 0.6) is 5.75 Å². The lowest BCUT2D eigenvalue weighted by Gasteiger charge is -2.36. The molecule has 2 aromatic rings. The Kier molecular flexibility index (Phi) is 5.81. The van der Waals surface area contributed by atoms with Gasteiger partial charge in [0.1, 0.15) is 11.9 Å². The minimum atomic E-state index is 0.0808. The third-order valence-corrected chi connectivity index (χ3v) is 5.70. The summed E-state index contributed by atoms with van der Waals surface area (Å²) in [6.45, 7) is 6.16. The van der Waals surface area contributed by atoms with Crippen LogP contribution in [-0.4, -0.2) is 50.8 Å². The molecule has 0 amide bonds. The number of ether oxygens (including phenoxy) is 2. The molecule has 5 heteroatoms. The molecule has 0 saturated carbocycles. The van der Waals surface area contributed by atoms with Crippen LogP contribution in [0.15, 0.2) is 53.5 Å². The number of nitrogens with one attached hydrogen (secondary N) is 1. The molecule has 0 spiro atoms. The molecular formula is C23H29N3O2. The molecule has 1 saturated heterocycles. The Hall–Kier alpha value is -2.53. The van der Waals surface area contributed by atoms with Crippen molar-refractivity contribution in [2.45, 2.75) is 25.4 Å². The first-order valence-electron chi connectivity index (χ1n) is 10.1. The lowest BCUT2D eigenvalue weighted by atomic mass is 9.93. The summed E-state index contributed by atoms with van der Waals surface area (Å²) >= 11 is 0. The smallest absolute Gasteiger partial charge is 0.193 e. The predicted octanol–water partition coefficient (Wildman–Crippen LogP) is 3.51. The number of hydrogen-bond donors (Lipinski definition) is 1. The first kappa shape index (κ1) is 18.8. The Balaban J connectivity index is 1.41. The van der Waals surface area contributed by atoms with E-state index in [-0.39, 0.29) is 6.10 Å². The average molecular weight is 380 g/mol. The fourth-order valence-corrected chi connectivity index (χ4v) is 4.15. The number of fused-ring (bicyclic) bond motifs is 1. The topological polar surface area (TPSA) is 46.1 Å². The monoisotopic (exact) mass is 379 g/mol. The van der Waals surface area contributed by atoms with Crippen molar-refractivity contribution in [2.24, 2.45) is 4.99 Å². The molecule has 0 aromatic heterocycles. The molecule has 4 rings (SSSR count). The van der Waals surface area contributed by atoms with E-state index in [4.69, 9.17) is 9.47 Å². The quantitative estimate of drug-likeness (QED) is 0.655. The molecule has 148 valence electrons. The van der Waals surface area contributed by atoms with Gasteiger partial charge in [0, 0.05) is 26.1 Å². The van der Waals surface area contributed by atoms with Gasteiger partial charge in [-0.2, -0.15) is 0 Å². The predicted molar refractivity (Wildman–Crippen MR) is 112 cm³/mol. The Bertz CT molecular complexity index is 836. The zero-order valence-electron chi connectivity index (χ0n) is 16.7. The number of nitrogens with zero attached hydrogens (tertiary/aromatic N) is 2. The van der Waals surface area contributed by atoms with Gasteiger partial charge in [0.2, 0.25) is 0 Å². The van der Waals surface area contributed by atoms with Gasteiger partial charge in [-0.15, -0.1) is 0 Å². The van der Waals surface area contributed by atoms with Gasteiger partial charge in [0.15, 0.2) is 5.96 Å². The van der Waals surface area contributed by atoms with E-state index in [0.717, 1.165) is 44.4 Å². The fraction of sp³-hybridized carbons (Fsp3) is 0.435. The van der Waals surface area contributed by atoms with E-state index in [1.165, 1.54) is 16.7 Å². The maximum absolute atomic E-state index is 6.07. The minimum Gasteiger partial charge on any atom is -0.493 e. The lowest BCUT2D eigenvalue weighted by molar-refractivity contribution is -0.00834. The summed E-state index contributed by atoms with van der Waals surface area (Å²) in [6.07, 6.45) is 1.10. The van der Waals surface area contributed by atoms with Crippen LogP contribution in [-0.2, 0) is 4.74 Å². The average Bonchev–Trinajstić information content (AvgIpc) is 2.75. The Labute approximate surface area is 167 Å². The normalized spacial score (nSPS) is 22.4. The van der Waals surface area contributed by atoms with E-state index in [9.17, 15) is 0 Å². The van der Waals surface area contributed by atoms with Crippen molar-refractivity contribution in [3.05, 3.63) is 65.2 Å². The van der Waals surface area contributed by atoms with Crippen molar-refractivity contribution in [2.75, 3.05) is 39.9 Å². The zero-order chi connectivity index (χ0) is 19.3. The summed E-state index contributed by atoms with van der Waals surface area (Å²) in [5.41, 5.74) is 3.83. The highest BCUT2D eigenvalue weighted by Gasteiger charge is 2.26. The van der Waals surface area contributed by atoms with Crippen molar-refractivity contribution in [1.82, 2.24) is 10.2 Å². The van der Waals surface area contributed by atoms with Gasteiger partial charge in [-0.25, -0.2) is 0 Å². The molecule has 1 N–H and O–H groups in total. The second-order valence-electron chi connectivity index (χ2n) is 7.46. The van der Waals surface area contributed by atoms with E-state index in [2.05, 4.69) is 64.6 Å². The van der Waals surface area contributed by atoms with Crippen molar-refractivity contribution in [3.63, 3.8) is 0 Å². The van der Waals surface area contributed by atoms with Gasteiger partial charge in [-0.05, 0) is 36.1 Å². The molecule has 28 heavy (non-hydrogen) atoms. The van der Waals surface area contributed by atoms with Gasteiger partial charge in [0.05, 0.1) is 19.8 Å². The number of rotatable bonds is 3. The molecule has 0 bridgehead atoms. The highest BCUT2D eigenvalue weighted by Crippen LogP contribution is 2.33. The molecule has 0 radical (unpaired) electrons. The SMILES string of the molecule is CN=C(NCC1CCOc2ccccc21)N1CCOC(c2ccccc2C)C1. The van der Waals surface area contributed by atoms with Gasteiger partial charge in [-0.1, -0.05) is 42.5 Å². The van der Waals surface area contributed by atoms with E-state index >= 15 is 0 Å². The number of benzene rings is 2. The maximum atomic E-state index is 6.07. The third kappa shape index (κ3) is 3.99. The number of hydrogen-bond acceptors (Lipinski definition) is 3. The number of morpholine rings is 1. The number of aliphatic imine (C=N–C) groups is 1. The van der Waals surface area contributed by atoms with E-state index in [1.54, 1.807) is 0 Å². The Morgan fingerprint density at radius 1 is 1.11 bits per heavy atom. The molecular weight excluding hydrogens is 350 g/mol. The number of guanidine groups is 1. The molecule has 5 nitrogen and oxygen atoms in total. The summed E-state index contributed by atoms with van der Waals surface area (Å²) in [4.78, 5) is 6.86. The van der Waals surface area contributed by atoms with E-state index in [1.807, 2.05) is 13.1 Å². The first-order valence-corrected chi connectivity index (χ1v) is 10.1. The van der Waals surface area contributed by atoms with Crippen molar-refractivity contribution in [1.29, 1.82) is 0 Å². The third-order valence-electron chi connectivity index (χ3n) is 5.70. The molecule has 2 heterocycles. The number of aryl methyl sites for hydroxylation is 1. The highest BCUT2D eigenvalue weighted by molar-refractivity contribution is 5.80. The summed E-state index contributed by atoms with van der Waals surface area (Å²) in [6, 6.07) is 16.8.